The summed E-state index contributed by atoms with van der Waals surface area (Å²) in [5, 5.41) is -0.773. The fourth-order valence-corrected chi connectivity index (χ4v) is 6.42. The highest BCUT2D eigenvalue weighted by molar-refractivity contribution is 6.30. The molecule has 0 unspecified atom stereocenters. The smallest absolute Gasteiger partial charge is 0.400 e. The van der Waals surface area contributed by atoms with E-state index in [9.17, 15) is 17.6 Å². The van der Waals surface area contributed by atoms with Crippen molar-refractivity contribution in [2.45, 2.75) is 82.5 Å². The van der Waals surface area contributed by atoms with E-state index in [1.54, 1.807) is 6.07 Å². The molecule has 5 rings (SSSR count). The first kappa shape index (κ1) is 28.6. The number of rotatable bonds is 6. The van der Waals surface area contributed by atoms with Gasteiger partial charge in [0.1, 0.15) is 28.2 Å². The van der Waals surface area contributed by atoms with Gasteiger partial charge in [0.2, 0.25) is 0 Å². The lowest BCUT2D eigenvalue weighted by Crippen LogP contribution is -2.37. The van der Waals surface area contributed by atoms with Gasteiger partial charge < -0.3 is 14.2 Å². The van der Waals surface area contributed by atoms with Gasteiger partial charge in [-0.3, -0.25) is 0 Å². The molecule has 0 radical (unpaired) electrons. The van der Waals surface area contributed by atoms with Gasteiger partial charge in [-0.15, -0.1) is 0 Å². The van der Waals surface area contributed by atoms with Crippen LogP contribution in [0.2, 0.25) is 5.02 Å². The maximum absolute atomic E-state index is 15.2. The zero-order chi connectivity index (χ0) is 27.7. The molecule has 2 aliphatic carbocycles. The fourth-order valence-electron chi connectivity index (χ4n) is 6.31. The molecular formula is C30H34ClF5O3. The molecule has 0 spiro atoms. The maximum atomic E-state index is 15.2. The molecule has 0 bridgehead atoms. The first-order valence-electron chi connectivity index (χ1n) is 13.8. The van der Waals surface area contributed by atoms with E-state index in [2.05, 4.69) is 6.92 Å². The molecule has 2 saturated carbocycles. The number of benzene rings is 2. The van der Waals surface area contributed by atoms with Gasteiger partial charge in [-0.25, -0.2) is 13.2 Å². The van der Waals surface area contributed by atoms with Crippen LogP contribution in [0.3, 0.4) is 0 Å². The van der Waals surface area contributed by atoms with Crippen molar-refractivity contribution in [1.29, 1.82) is 0 Å². The summed E-state index contributed by atoms with van der Waals surface area (Å²) in [5.41, 5.74) is 1.53. The minimum atomic E-state index is -3.62. The molecule has 3 fully saturated rings. The second-order valence-corrected chi connectivity index (χ2v) is 11.8. The Morgan fingerprint density at radius 1 is 0.795 bits per heavy atom. The topological polar surface area (TPSA) is 27.7 Å². The van der Waals surface area contributed by atoms with Crippen molar-refractivity contribution in [1.82, 2.24) is 0 Å². The number of hydrogen-bond donors (Lipinski definition) is 0. The first-order valence-corrected chi connectivity index (χ1v) is 14.2. The summed E-state index contributed by atoms with van der Waals surface area (Å²) in [6, 6.07) is 6.69. The molecule has 3 nitrogen and oxygen atoms in total. The standard InChI is InChI=1S/C30H34ClF5O3/c1-17-15-37-29(38-16-17)20-4-2-18(3-5-20)21-8-11-24(25(32)12-21)19-6-9-22(10-7-19)30(35,36)39-23-13-26(33)28(31)27(34)14-23/h8,11-14,17-20,22,29H,2-7,9-10,15-16H2,1H3. The Balaban J connectivity index is 1.14. The Hall–Kier alpha value is -1.90. The lowest BCUT2D eigenvalue weighted by atomic mass is 9.76. The Labute approximate surface area is 231 Å². The van der Waals surface area contributed by atoms with Crippen LogP contribution in [0, 0.1) is 35.2 Å². The van der Waals surface area contributed by atoms with Crippen LogP contribution in [-0.4, -0.2) is 25.6 Å². The van der Waals surface area contributed by atoms with Crippen LogP contribution in [0.5, 0.6) is 5.75 Å². The summed E-state index contributed by atoms with van der Waals surface area (Å²) < 4.78 is 88.6. The van der Waals surface area contributed by atoms with Crippen molar-refractivity contribution in [2.75, 3.05) is 13.2 Å². The average molecular weight is 573 g/mol. The van der Waals surface area contributed by atoms with Crippen molar-refractivity contribution < 1.29 is 36.2 Å². The minimum Gasteiger partial charge on any atom is -0.432 e. The summed E-state index contributed by atoms with van der Waals surface area (Å²) in [6.07, 6.45) is 1.03. The Morgan fingerprint density at radius 3 is 1.97 bits per heavy atom. The summed E-state index contributed by atoms with van der Waals surface area (Å²) in [4.78, 5) is 0. The zero-order valence-corrected chi connectivity index (χ0v) is 22.7. The summed E-state index contributed by atoms with van der Waals surface area (Å²) >= 11 is 5.42. The van der Waals surface area contributed by atoms with Crippen LogP contribution in [-0.2, 0) is 9.47 Å². The summed E-state index contributed by atoms with van der Waals surface area (Å²) in [7, 11) is 0. The number of alkyl halides is 2. The van der Waals surface area contributed by atoms with Crippen molar-refractivity contribution >= 4 is 11.6 Å². The van der Waals surface area contributed by atoms with Gasteiger partial charge in [0.25, 0.3) is 0 Å². The second-order valence-electron chi connectivity index (χ2n) is 11.4. The van der Waals surface area contributed by atoms with E-state index in [1.807, 2.05) is 12.1 Å². The van der Waals surface area contributed by atoms with Crippen molar-refractivity contribution in [3.63, 3.8) is 0 Å². The molecule has 2 aromatic rings. The van der Waals surface area contributed by atoms with E-state index in [1.165, 1.54) is 0 Å². The minimum absolute atomic E-state index is 0.103. The molecule has 0 N–H and O–H groups in total. The van der Waals surface area contributed by atoms with Crippen molar-refractivity contribution in [3.05, 3.63) is 63.9 Å². The fraction of sp³-hybridized carbons (Fsp3) is 0.600. The molecule has 0 amide bonds. The molecule has 0 atom stereocenters. The van der Waals surface area contributed by atoms with Gasteiger partial charge in [-0.2, -0.15) is 8.78 Å². The third-order valence-corrected chi connectivity index (χ3v) is 8.96. The molecule has 3 aliphatic rings. The predicted octanol–water partition coefficient (Wildman–Crippen LogP) is 8.99. The van der Waals surface area contributed by atoms with Crippen molar-refractivity contribution in [2.24, 2.45) is 17.8 Å². The van der Waals surface area contributed by atoms with Crippen LogP contribution in [0.25, 0.3) is 0 Å². The van der Waals surface area contributed by atoms with E-state index in [0.717, 1.165) is 44.5 Å². The lowest BCUT2D eigenvalue weighted by Gasteiger charge is -2.37. The Bertz CT molecular complexity index is 1110. The second kappa shape index (κ2) is 11.9. The monoisotopic (exact) mass is 572 g/mol. The van der Waals surface area contributed by atoms with Crippen LogP contribution < -0.4 is 4.74 Å². The molecule has 9 heteroatoms. The number of halogens is 6. The normalized spacial score (nSPS) is 30.2. The highest BCUT2D eigenvalue weighted by Crippen LogP contribution is 2.45. The van der Waals surface area contributed by atoms with Crippen LogP contribution in [0.1, 0.15) is 81.3 Å². The number of hydrogen-bond acceptors (Lipinski definition) is 3. The van der Waals surface area contributed by atoms with Gasteiger partial charge in [0.05, 0.1) is 19.1 Å². The summed E-state index contributed by atoms with van der Waals surface area (Å²) in [5.74, 6) is -3.49. The van der Waals surface area contributed by atoms with Crippen LogP contribution in [0.15, 0.2) is 30.3 Å². The summed E-state index contributed by atoms with van der Waals surface area (Å²) in [6.45, 7) is 3.56. The molecule has 39 heavy (non-hydrogen) atoms. The Morgan fingerprint density at radius 2 is 1.38 bits per heavy atom. The molecule has 1 saturated heterocycles. The third-order valence-electron chi connectivity index (χ3n) is 8.60. The van der Waals surface area contributed by atoms with E-state index < -0.39 is 34.4 Å². The van der Waals surface area contributed by atoms with Crippen LogP contribution in [0.4, 0.5) is 22.0 Å². The van der Waals surface area contributed by atoms with E-state index in [4.69, 9.17) is 25.8 Å². The molecule has 1 aliphatic heterocycles. The quantitative estimate of drug-likeness (QED) is 0.255. The van der Waals surface area contributed by atoms with Gasteiger partial charge in [0, 0.05) is 24.0 Å². The Kier molecular flexibility index (Phi) is 8.74. The molecule has 1 heterocycles. The van der Waals surface area contributed by atoms with E-state index >= 15 is 4.39 Å². The average Bonchev–Trinajstić information content (AvgIpc) is 2.92. The predicted molar refractivity (Wildman–Crippen MR) is 138 cm³/mol. The number of ether oxygens (including phenoxy) is 3. The molecule has 2 aromatic carbocycles. The largest absolute Gasteiger partial charge is 0.432 e. The zero-order valence-electron chi connectivity index (χ0n) is 21.9. The first-order chi connectivity index (χ1) is 18.6. The van der Waals surface area contributed by atoms with Gasteiger partial charge in [-0.05, 0) is 80.4 Å². The molecule has 214 valence electrons. The van der Waals surface area contributed by atoms with Gasteiger partial charge in [0.15, 0.2) is 6.29 Å². The van der Waals surface area contributed by atoms with E-state index in [-0.39, 0.29) is 36.8 Å². The molecule has 0 aromatic heterocycles. The highest BCUT2D eigenvalue weighted by Gasteiger charge is 2.44. The molecular weight excluding hydrogens is 539 g/mol. The highest BCUT2D eigenvalue weighted by atomic mass is 35.5. The van der Waals surface area contributed by atoms with Crippen LogP contribution >= 0.6 is 11.6 Å². The maximum Gasteiger partial charge on any atom is 0.400 e. The third kappa shape index (κ3) is 6.54. The van der Waals surface area contributed by atoms with E-state index in [0.29, 0.717) is 42.4 Å². The SMILES string of the molecule is CC1COC(C2CCC(c3ccc(C4CCC(C(F)(F)Oc5cc(F)c(Cl)c(F)c5)CC4)c(F)c3)CC2)OC1. The van der Waals surface area contributed by atoms with Gasteiger partial charge in [-0.1, -0.05) is 30.7 Å². The van der Waals surface area contributed by atoms with Gasteiger partial charge >= 0.3 is 6.11 Å². The lowest BCUT2D eigenvalue weighted by molar-refractivity contribution is -0.226. The van der Waals surface area contributed by atoms with Crippen molar-refractivity contribution in [3.8, 4) is 5.75 Å².